The second-order valence-corrected chi connectivity index (χ2v) is 6.18. The fourth-order valence-corrected chi connectivity index (χ4v) is 3.01. The molecule has 0 aliphatic rings. The highest BCUT2D eigenvalue weighted by atomic mass is 32.2. The second-order valence-electron chi connectivity index (χ2n) is 5.07. The first-order valence-electron chi connectivity index (χ1n) is 7.04. The molecular weight excluding hydrogens is 264 g/mol. The molecule has 3 heteroatoms. The Morgan fingerprint density at radius 2 is 2.00 bits per heavy atom. The van der Waals surface area contributed by atoms with E-state index in [4.69, 9.17) is 0 Å². The Kier molecular flexibility index (Phi) is 5.21. The van der Waals surface area contributed by atoms with Gasteiger partial charge in [0.05, 0.1) is 5.69 Å². The van der Waals surface area contributed by atoms with Crippen LogP contribution in [0.1, 0.15) is 36.7 Å². The van der Waals surface area contributed by atoms with Crippen LogP contribution in [0, 0.1) is 13.8 Å². The minimum atomic E-state index is 0.306. The van der Waals surface area contributed by atoms with Crippen molar-refractivity contribution in [2.45, 2.75) is 43.5 Å². The van der Waals surface area contributed by atoms with Crippen molar-refractivity contribution in [3.05, 3.63) is 53.3 Å². The number of nitrogens with one attached hydrogen (secondary N) is 1. The predicted molar refractivity (Wildman–Crippen MR) is 86.4 cm³/mol. The van der Waals surface area contributed by atoms with Gasteiger partial charge in [-0.2, -0.15) is 0 Å². The van der Waals surface area contributed by atoms with E-state index >= 15 is 0 Å². The largest absolute Gasteiger partial charge is 0.309 e. The molecule has 1 unspecified atom stereocenters. The van der Waals surface area contributed by atoms with Crippen molar-refractivity contribution in [3.8, 4) is 0 Å². The zero-order valence-electron chi connectivity index (χ0n) is 12.6. The Morgan fingerprint density at radius 3 is 2.60 bits per heavy atom. The Balaban J connectivity index is 2.10. The van der Waals surface area contributed by atoms with Gasteiger partial charge in [-0.25, -0.2) is 0 Å². The molecule has 0 spiro atoms. The fourth-order valence-electron chi connectivity index (χ4n) is 2.16. The van der Waals surface area contributed by atoms with Crippen LogP contribution >= 0.6 is 11.8 Å². The third kappa shape index (κ3) is 3.84. The molecule has 1 N–H and O–H groups in total. The van der Waals surface area contributed by atoms with Crippen LogP contribution in [0.3, 0.4) is 0 Å². The molecular formula is C17H22N2S. The maximum Gasteiger partial charge on any atom is 0.0571 e. The molecule has 0 saturated heterocycles. The smallest absolute Gasteiger partial charge is 0.0571 e. The normalized spacial score (nSPS) is 12.4. The standard InChI is InChI=1S/C17H22N2S/c1-5-18-14(4)16-8-7-15(11-19-16)20-17-9-6-12(2)10-13(17)3/h6-11,14,18H,5H2,1-4H3. The summed E-state index contributed by atoms with van der Waals surface area (Å²) in [4.78, 5) is 7.04. The molecule has 1 aromatic carbocycles. The molecule has 0 amide bonds. The number of pyridine rings is 1. The number of aromatic nitrogens is 1. The minimum absolute atomic E-state index is 0.306. The molecule has 2 nitrogen and oxygen atoms in total. The van der Waals surface area contributed by atoms with Gasteiger partial charge in [0, 0.05) is 22.0 Å². The Bertz CT molecular complexity index is 564. The fraction of sp³-hybridized carbons (Fsp3) is 0.353. The summed E-state index contributed by atoms with van der Waals surface area (Å²) in [6.45, 7) is 9.50. The first kappa shape index (κ1) is 15.1. The molecule has 0 fully saturated rings. The SMILES string of the molecule is CCNC(C)c1ccc(Sc2ccc(C)cc2C)cn1. The summed E-state index contributed by atoms with van der Waals surface area (Å²) in [7, 11) is 0. The van der Waals surface area contributed by atoms with Crippen molar-refractivity contribution in [3.63, 3.8) is 0 Å². The molecule has 0 radical (unpaired) electrons. The van der Waals surface area contributed by atoms with Gasteiger partial charge in [0.15, 0.2) is 0 Å². The molecule has 0 aliphatic carbocycles. The van der Waals surface area contributed by atoms with E-state index in [0.29, 0.717) is 6.04 Å². The van der Waals surface area contributed by atoms with Crippen LogP contribution in [0.5, 0.6) is 0 Å². The van der Waals surface area contributed by atoms with Crippen molar-refractivity contribution in [1.29, 1.82) is 0 Å². The highest BCUT2D eigenvalue weighted by Gasteiger charge is 2.06. The van der Waals surface area contributed by atoms with Crippen LogP contribution in [-0.2, 0) is 0 Å². The summed E-state index contributed by atoms with van der Waals surface area (Å²) in [5, 5.41) is 3.38. The zero-order chi connectivity index (χ0) is 14.5. The van der Waals surface area contributed by atoms with Gasteiger partial charge in [-0.15, -0.1) is 0 Å². The van der Waals surface area contributed by atoms with E-state index in [1.54, 1.807) is 11.8 Å². The van der Waals surface area contributed by atoms with Gasteiger partial charge in [-0.05, 0) is 51.1 Å². The van der Waals surface area contributed by atoms with Gasteiger partial charge in [0.1, 0.15) is 0 Å². The maximum absolute atomic E-state index is 4.56. The lowest BCUT2D eigenvalue weighted by atomic mass is 10.2. The predicted octanol–water partition coefficient (Wildman–Crippen LogP) is 4.52. The van der Waals surface area contributed by atoms with E-state index < -0.39 is 0 Å². The lowest BCUT2D eigenvalue weighted by Gasteiger charge is -2.12. The summed E-state index contributed by atoms with van der Waals surface area (Å²) < 4.78 is 0. The first-order valence-corrected chi connectivity index (χ1v) is 7.86. The highest BCUT2D eigenvalue weighted by Crippen LogP contribution is 2.30. The summed E-state index contributed by atoms with van der Waals surface area (Å²) in [6, 6.07) is 11.1. The third-order valence-electron chi connectivity index (χ3n) is 3.27. The van der Waals surface area contributed by atoms with Crippen molar-refractivity contribution in [1.82, 2.24) is 10.3 Å². The van der Waals surface area contributed by atoms with E-state index in [-0.39, 0.29) is 0 Å². The molecule has 1 heterocycles. The lowest BCUT2D eigenvalue weighted by molar-refractivity contribution is 0.582. The van der Waals surface area contributed by atoms with Crippen LogP contribution in [0.2, 0.25) is 0 Å². The average molecular weight is 286 g/mol. The summed E-state index contributed by atoms with van der Waals surface area (Å²) in [5.41, 5.74) is 3.72. The van der Waals surface area contributed by atoms with Crippen LogP contribution in [-0.4, -0.2) is 11.5 Å². The van der Waals surface area contributed by atoms with E-state index in [9.17, 15) is 0 Å². The molecule has 2 aromatic rings. The van der Waals surface area contributed by atoms with Crippen LogP contribution in [0.4, 0.5) is 0 Å². The van der Waals surface area contributed by atoms with Crippen molar-refractivity contribution in [2.24, 2.45) is 0 Å². The molecule has 1 aromatic heterocycles. The minimum Gasteiger partial charge on any atom is -0.309 e. The average Bonchev–Trinajstić information content (AvgIpc) is 2.43. The number of rotatable bonds is 5. The van der Waals surface area contributed by atoms with Gasteiger partial charge < -0.3 is 5.32 Å². The lowest BCUT2D eigenvalue weighted by Crippen LogP contribution is -2.18. The van der Waals surface area contributed by atoms with Crippen LogP contribution in [0.25, 0.3) is 0 Å². The van der Waals surface area contributed by atoms with Gasteiger partial charge in [0.25, 0.3) is 0 Å². The van der Waals surface area contributed by atoms with E-state index in [1.807, 2.05) is 6.20 Å². The number of hydrogen-bond donors (Lipinski definition) is 1. The monoisotopic (exact) mass is 286 g/mol. The summed E-state index contributed by atoms with van der Waals surface area (Å²) in [6.07, 6.45) is 1.97. The second kappa shape index (κ2) is 6.91. The molecule has 0 aliphatic heterocycles. The van der Waals surface area contributed by atoms with Crippen molar-refractivity contribution < 1.29 is 0 Å². The molecule has 2 rings (SSSR count). The molecule has 106 valence electrons. The molecule has 0 bridgehead atoms. The topological polar surface area (TPSA) is 24.9 Å². The third-order valence-corrected chi connectivity index (χ3v) is 4.43. The zero-order valence-corrected chi connectivity index (χ0v) is 13.4. The molecule has 0 saturated carbocycles. The van der Waals surface area contributed by atoms with Crippen LogP contribution < -0.4 is 5.32 Å². The summed E-state index contributed by atoms with van der Waals surface area (Å²) >= 11 is 1.77. The highest BCUT2D eigenvalue weighted by molar-refractivity contribution is 7.99. The number of hydrogen-bond acceptors (Lipinski definition) is 3. The number of benzene rings is 1. The molecule has 1 atom stereocenters. The Hall–Kier alpha value is -1.32. The van der Waals surface area contributed by atoms with E-state index in [2.05, 4.69) is 68.3 Å². The number of nitrogens with zero attached hydrogens (tertiary/aromatic N) is 1. The van der Waals surface area contributed by atoms with E-state index in [1.165, 1.54) is 20.9 Å². The van der Waals surface area contributed by atoms with E-state index in [0.717, 1.165) is 12.2 Å². The Labute approximate surface area is 126 Å². The number of aryl methyl sites for hydroxylation is 2. The van der Waals surface area contributed by atoms with Crippen molar-refractivity contribution >= 4 is 11.8 Å². The Morgan fingerprint density at radius 1 is 1.20 bits per heavy atom. The first-order chi connectivity index (χ1) is 9.60. The summed E-state index contributed by atoms with van der Waals surface area (Å²) in [5.74, 6) is 0. The maximum atomic E-state index is 4.56. The van der Waals surface area contributed by atoms with Gasteiger partial charge in [-0.3, -0.25) is 4.98 Å². The van der Waals surface area contributed by atoms with Gasteiger partial charge in [0.2, 0.25) is 0 Å². The quantitative estimate of drug-likeness (QED) is 0.874. The van der Waals surface area contributed by atoms with Crippen LogP contribution in [0.15, 0.2) is 46.3 Å². The van der Waals surface area contributed by atoms with Gasteiger partial charge >= 0.3 is 0 Å². The van der Waals surface area contributed by atoms with Crippen molar-refractivity contribution in [2.75, 3.05) is 6.54 Å². The molecule has 20 heavy (non-hydrogen) atoms. The van der Waals surface area contributed by atoms with Gasteiger partial charge in [-0.1, -0.05) is 36.4 Å².